The van der Waals surface area contributed by atoms with Crippen LogP contribution in [-0.4, -0.2) is 33.7 Å². The zero-order valence-corrected chi connectivity index (χ0v) is 21.3. The van der Waals surface area contributed by atoms with Gasteiger partial charge in [-0.2, -0.15) is 0 Å². The van der Waals surface area contributed by atoms with E-state index >= 15 is 0 Å². The maximum absolute atomic E-state index is 7.02. The molecule has 0 radical (unpaired) electrons. The molecule has 0 aliphatic carbocycles. The van der Waals surface area contributed by atoms with Crippen molar-refractivity contribution < 1.29 is 14.2 Å². The first-order valence-electron chi connectivity index (χ1n) is 12.3. The van der Waals surface area contributed by atoms with E-state index in [0.29, 0.717) is 0 Å². The van der Waals surface area contributed by atoms with Crippen LogP contribution in [0.1, 0.15) is 35.9 Å². The molecule has 0 aliphatic heterocycles. The summed E-state index contributed by atoms with van der Waals surface area (Å²) in [4.78, 5) is 13.5. The van der Waals surface area contributed by atoms with Crippen LogP contribution >= 0.6 is 0 Å². The fourth-order valence-corrected chi connectivity index (χ4v) is 4.74. The van der Waals surface area contributed by atoms with Crippen molar-refractivity contribution in [1.29, 1.82) is 0 Å². The van der Waals surface area contributed by atoms with E-state index in [0.717, 1.165) is 58.1 Å². The fourth-order valence-electron chi connectivity index (χ4n) is 4.74. The average molecular weight is 495 g/mol. The monoisotopic (exact) mass is 494 g/mol. The van der Waals surface area contributed by atoms with Crippen LogP contribution in [0.3, 0.4) is 0 Å². The van der Waals surface area contributed by atoms with E-state index in [2.05, 4.69) is 57.9 Å². The molecule has 2 heterocycles. The van der Waals surface area contributed by atoms with Gasteiger partial charge in [0, 0.05) is 6.54 Å². The number of imidazole rings is 1. The van der Waals surface area contributed by atoms with Crippen LogP contribution in [0.15, 0.2) is 91.4 Å². The lowest BCUT2D eigenvalue weighted by atomic mass is 9.80. The second kappa shape index (κ2) is 10.8. The number of ether oxygens (including phenoxy) is 3. The zero-order chi connectivity index (χ0) is 25.7. The minimum Gasteiger partial charge on any atom is -0.497 e. The maximum atomic E-state index is 7.02. The molecule has 5 rings (SSSR count). The summed E-state index contributed by atoms with van der Waals surface area (Å²) >= 11 is 0. The third-order valence-electron chi connectivity index (χ3n) is 6.53. The van der Waals surface area contributed by atoms with Crippen LogP contribution in [0.2, 0.25) is 0 Å². The van der Waals surface area contributed by atoms with E-state index < -0.39 is 5.60 Å². The van der Waals surface area contributed by atoms with Gasteiger partial charge in [-0.1, -0.05) is 61.5 Å². The highest BCUT2D eigenvalue weighted by molar-refractivity contribution is 5.70. The van der Waals surface area contributed by atoms with Crippen LogP contribution < -0.4 is 9.47 Å². The van der Waals surface area contributed by atoms with Crippen molar-refractivity contribution in [3.8, 4) is 11.5 Å². The lowest BCUT2D eigenvalue weighted by molar-refractivity contribution is -0.00438. The second-order valence-corrected chi connectivity index (χ2v) is 8.70. The molecular formula is C30H30N4O3. The molecule has 0 bridgehead atoms. The van der Waals surface area contributed by atoms with E-state index in [1.807, 2.05) is 42.5 Å². The Morgan fingerprint density at radius 3 is 1.95 bits per heavy atom. The number of benzene rings is 3. The Kier molecular flexibility index (Phi) is 7.14. The van der Waals surface area contributed by atoms with Crippen LogP contribution in [0.25, 0.3) is 11.2 Å². The molecule has 0 spiro atoms. The molecule has 0 saturated carbocycles. The van der Waals surface area contributed by atoms with Crippen molar-refractivity contribution in [1.82, 2.24) is 19.5 Å². The second-order valence-electron chi connectivity index (χ2n) is 8.70. The molecule has 0 unspecified atom stereocenters. The molecule has 37 heavy (non-hydrogen) atoms. The quantitative estimate of drug-likeness (QED) is 0.230. The van der Waals surface area contributed by atoms with Gasteiger partial charge in [0.1, 0.15) is 41.4 Å². The number of rotatable bonds is 10. The molecule has 188 valence electrons. The third-order valence-corrected chi connectivity index (χ3v) is 6.53. The maximum Gasteiger partial charge on any atom is 0.163 e. The number of fused-ring (bicyclic) bond motifs is 1. The van der Waals surface area contributed by atoms with E-state index in [4.69, 9.17) is 19.2 Å². The van der Waals surface area contributed by atoms with E-state index in [-0.39, 0.29) is 6.61 Å². The van der Waals surface area contributed by atoms with Crippen LogP contribution in [0.4, 0.5) is 0 Å². The molecule has 0 atom stereocenters. The lowest BCUT2D eigenvalue weighted by Crippen LogP contribution is -2.33. The summed E-state index contributed by atoms with van der Waals surface area (Å²) in [5.74, 6) is 2.37. The predicted molar refractivity (Wildman–Crippen MR) is 143 cm³/mol. The van der Waals surface area contributed by atoms with Gasteiger partial charge in [0.2, 0.25) is 0 Å². The normalized spacial score (nSPS) is 11.5. The lowest BCUT2D eigenvalue weighted by Gasteiger charge is -2.36. The van der Waals surface area contributed by atoms with Gasteiger partial charge < -0.3 is 18.8 Å². The zero-order valence-electron chi connectivity index (χ0n) is 21.3. The topological polar surface area (TPSA) is 71.3 Å². The van der Waals surface area contributed by atoms with Crippen molar-refractivity contribution in [3.05, 3.63) is 114 Å². The molecule has 0 fully saturated rings. The van der Waals surface area contributed by atoms with Crippen molar-refractivity contribution in [2.45, 2.75) is 32.1 Å². The van der Waals surface area contributed by atoms with E-state index in [9.17, 15) is 0 Å². The number of methoxy groups -OCH3 is 2. The largest absolute Gasteiger partial charge is 0.497 e. The van der Waals surface area contributed by atoms with Gasteiger partial charge >= 0.3 is 0 Å². The number of aromatic nitrogens is 4. The van der Waals surface area contributed by atoms with Crippen molar-refractivity contribution in [3.63, 3.8) is 0 Å². The molecule has 5 aromatic rings. The third kappa shape index (κ3) is 4.66. The minimum atomic E-state index is -0.916. The Bertz CT molecular complexity index is 1400. The number of hydrogen-bond donors (Lipinski definition) is 0. The molecule has 3 aromatic carbocycles. The van der Waals surface area contributed by atoms with Gasteiger partial charge in [-0.05, 0) is 47.4 Å². The first-order chi connectivity index (χ1) is 18.2. The van der Waals surface area contributed by atoms with Gasteiger partial charge in [0.25, 0.3) is 0 Å². The van der Waals surface area contributed by atoms with Crippen LogP contribution in [0.5, 0.6) is 11.5 Å². The highest BCUT2D eigenvalue weighted by Crippen LogP contribution is 2.42. The average Bonchev–Trinajstić information content (AvgIpc) is 3.32. The highest BCUT2D eigenvalue weighted by atomic mass is 16.5. The summed E-state index contributed by atoms with van der Waals surface area (Å²) < 4.78 is 20.0. The number of aryl methyl sites for hydroxylation is 1. The Hall–Kier alpha value is -4.23. The van der Waals surface area contributed by atoms with Gasteiger partial charge in [-0.15, -0.1) is 0 Å². The van der Waals surface area contributed by atoms with Gasteiger partial charge in [0.15, 0.2) is 5.65 Å². The summed E-state index contributed by atoms with van der Waals surface area (Å²) in [5, 5.41) is 0. The Balaban J connectivity index is 1.68. The number of hydrogen-bond acceptors (Lipinski definition) is 6. The number of nitrogens with zero attached hydrogens (tertiary/aromatic N) is 4. The molecule has 7 nitrogen and oxygen atoms in total. The first kappa shape index (κ1) is 24.5. The smallest absolute Gasteiger partial charge is 0.163 e. The summed E-state index contributed by atoms with van der Waals surface area (Å²) in [5.41, 5.74) is 3.61. The van der Waals surface area contributed by atoms with E-state index in [1.165, 1.54) is 0 Å². The molecule has 0 aliphatic rings. The molecule has 0 saturated heterocycles. The molecule has 0 amide bonds. The predicted octanol–water partition coefficient (Wildman–Crippen LogP) is 5.76. The van der Waals surface area contributed by atoms with Gasteiger partial charge in [-0.3, -0.25) is 0 Å². The molecular weight excluding hydrogens is 464 g/mol. The molecule has 0 N–H and O–H groups in total. The summed E-state index contributed by atoms with van der Waals surface area (Å²) in [6, 6.07) is 26.3. The molecule has 2 aromatic heterocycles. The van der Waals surface area contributed by atoms with Crippen LogP contribution in [0, 0.1) is 0 Å². The van der Waals surface area contributed by atoms with Crippen molar-refractivity contribution >= 4 is 11.2 Å². The SMILES string of the molecule is CCCn1c(COC(c2ccccc2)(c2ccc(OC)cc2)c2ccc(OC)cc2)nc2cncnc21. The summed E-state index contributed by atoms with van der Waals surface area (Å²) in [7, 11) is 3.33. The highest BCUT2D eigenvalue weighted by Gasteiger charge is 2.38. The van der Waals surface area contributed by atoms with Crippen LogP contribution in [-0.2, 0) is 23.5 Å². The molecule has 7 heteroatoms. The van der Waals surface area contributed by atoms with E-state index in [1.54, 1.807) is 26.7 Å². The van der Waals surface area contributed by atoms with Gasteiger partial charge in [-0.25, -0.2) is 15.0 Å². The Labute approximate surface area is 216 Å². The van der Waals surface area contributed by atoms with Crippen molar-refractivity contribution in [2.75, 3.05) is 14.2 Å². The first-order valence-corrected chi connectivity index (χ1v) is 12.3. The summed E-state index contributed by atoms with van der Waals surface area (Å²) in [6.45, 7) is 3.19. The summed E-state index contributed by atoms with van der Waals surface area (Å²) in [6.07, 6.45) is 4.25. The van der Waals surface area contributed by atoms with Crippen molar-refractivity contribution in [2.24, 2.45) is 0 Å². The fraction of sp³-hybridized carbons (Fsp3) is 0.233. The Morgan fingerprint density at radius 2 is 1.38 bits per heavy atom. The Morgan fingerprint density at radius 1 is 0.784 bits per heavy atom. The minimum absolute atomic E-state index is 0.267. The standard InChI is InChI=1S/C30H30N4O3/c1-4-18-34-28(33-27-19-31-21-32-29(27)34)20-37-30(22-8-6-5-7-9-22,23-10-14-25(35-2)15-11-23)24-12-16-26(36-3)17-13-24/h5-17,19,21H,4,18,20H2,1-3H3. The van der Waals surface area contributed by atoms with Gasteiger partial charge in [0.05, 0.1) is 20.4 Å².